The molecule has 1 fully saturated rings. The van der Waals surface area contributed by atoms with Crippen molar-refractivity contribution in [2.75, 3.05) is 19.0 Å². The van der Waals surface area contributed by atoms with Crippen LogP contribution < -0.4 is 10.3 Å². The van der Waals surface area contributed by atoms with Crippen LogP contribution in [-0.2, 0) is 4.79 Å². The van der Waals surface area contributed by atoms with Crippen molar-refractivity contribution >= 4 is 17.3 Å². The van der Waals surface area contributed by atoms with Gasteiger partial charge in [-0.3, -0.25) is 4.79 Å². The van der Waals surface area contributed by atoms with Gasteiger partial charge in [0.1, 0.15) is 0 Å². The minimum absolute atomic E-state index is 0.00751. The predicted molar refractivity (Wildman–Crippen MR) is 98.4 cm³/mol. The van der Waals surface area contributed by atoms with Crippen LogP contribution >= 0.6 is 0 Å². The molecule has 1 N–H and O–H groups in total. The quantitative estimate of drug-likeness (QED) is 0.677. The first-order valence-electron chi connectivity index (χ1n) is 8.23. The number of rotatable bonds is 5. The van der Waals surface area contributed by atoms with Gasteiger partial charge in [-0.1, -0.05) is 42.5 Å². The predicted octanol–water partition coefficient (Wildman–Crippen LogP) is 3.40. The van der Waals surface area contributed by atoms with Crippen molar-refractivity contribution in [3.05, 3.63) is 65.7 Å². The topological polar surface area (TPSA) is 44.7 Å². The summed E-state index contributed by atoms with van der Waals surface area (Å²) in [6, 6.07) is 18.3. The van der Waals surface area contributed by atoms with E-state index in [2.05, 4.69) is 27.6 Å². The van der Waals surface area contributed by atoms with Gasteiger partial charge in [0.2, 0.25) is 5.91 Å². The van der Waals surface area contributed by atoms with E-state index < -0.39 is 0 Å². The van der Waals surface area contributed by atoms with Gasteiger partial charge in [0.15, 0.2) is 0 Å². The van der Waals surface area contributed by atoms with Gasteiger partial charge in [-0.15, -0.1) is 0 Å². The van der Waals surface area contributed by atoms with E-state index in [9.17, 15) is 4.79 Å². The zero-order chi connectivity index (χ0) is 17.1. The van der Waals surface area contributed by atoms with Crippen molar-refractivity contribution in [2.45, 2.75) is 19.3 Å². The minimum Gasteiger partial charge on any atom is -0.378 e. The van der Waals surface area contributed by atoms with E-state index in [1.807, 2.05) is 63.5 Å². The largest absolute Gasteiger partial charge is 0.378 e. The molecular formula is C20H23N3O. The molecule has 1 aliphatic rings. The summed E-state index contributed by atoms with van der Waals surface area (Å²) >= 11 is 0. The molecule has 1 amide bonds. The van der Waals surface area contributed by atoms with E-state index in [4.69, 9.17) is 0 Å². The summed E-state index contributed by atoms with van der Waals surface area (Å²) in [6.45, 7) is 1.91. The van der Waals surface area contributed by atoms with Crippen molar-refractivity contribution in [1.29, 1.82) is 0 Å². The third kappa shape index (κ3) is 3.65. The number of carbonyl (C=O) groups is 1. The average Bonchev–Trinajstić information content (AvgIpc) is 3.41. The number of amides is 1. The minimum atomic E-state index is 0.00751. The zero-order valence-corrected chi connectivity index (χ0v) is 14.4. The fourth-order valence-corrected chi connectivity index (χ4v) is 2.84. The Labute approximate surface area is 143 Å². The Hall–Kier alpha value is -2.62. The normalized spacial score (nSPS) is 19.7. The van der Waals surface area contributed by atoms with Crippen LogP contribution in [0.3, 0.4) is 0 Å². The lowest BCUT2D eigenvalue weighted by atomic mass is 10.1. The van der Waals surface area contributed by atoms with E-state index in [0.717, 1.165) is 23.4 Å². The van der Waals surface area contributed by atoms with Gasteiger partial charge < -0.3 is 4.90 Å². The molecule has 0 aromatic heterocycles. The Kier molecular flexibility index (Phi) is 4.65. The van der Waals surface area contributed by atoms with Crippen LogP contribution in [0.15, 0.2) is 59.7 Å². The lowest BCUT2D eigenvalue weighted by Gasteiger charge is -2.12. The fraction of sp³-hybridized carbons (Fsp3) is 0.300. The number of nitrogens with one attached hydrogen (secondary N) is 1. The molecule has 1 saturated carbocycles. The Morgan fingerprint density at radius 2 is 1.75 bits per heavy atom. The van der Waals surface area contributed by atoms with Crippen LogP contribution in [0.25, 0.3) is 0 Å². The van der Waals surface area contributed by atoms with Crippen molar-refractivity contribution < 1.29 is 4.79 Å². The summed E-state index contributed by atoms with van der Waals surface area (Å²) in [5.74, 6) is 0.384. The molecule has 4 nitrogen and oxygen atoms in total. The third-order valence-corrected chi connectivity index (χ3v) is 4.49. The SMILES string of the molecule is C/C(=N\NC(=O)[C@@H]1C[C@H]1c1ccccc1)c1ccc(N(C)C)cc1. The van der Waals surface area contributed by atoms with Gasteiger partial charge in [0.05, 0.1) is 5.71 Å². The molecule has 0 unspecified atom stereocenters. The molecule has 0 radical (unpaired) electrons. The molecule has 0 spiro atoms. The standard InChI is InChI=1S/C20H23N3O/c1-14(15-9-11-17(12-10-15)23(2)3)21-22-20(24)19-13-18(19)16-7-5-4-6-8-16/h4-12,18-19H,13H2,1-3H3,(H,22,24)/b21-14+/t18-,19+/m0/s1. The average molecular weight is 321 g/mol. The molecule has 2 aromatic carbocycles. The second kappa shape index (κ2) is 6.87. The van der Waals surface area contributed by atoms with Crippen LogP contribution in [0.5, 0.6) is 0 Å². The number of hydrazone groups is 1. The van der Waals surface area contributed by atoms with Gasteiger partial charge >= 0.3 is 0 Å². The van der Waals surface area contributed by atoms with Gasteiger partial charge in [-0.05, 0) is 42.5 Å². The third-order valence-electron chi connectivity index (χ3n) is 4.49. The zero-order valence-electron chi connectivity index (χ0n) is 14.4. The van der Waals surface area contributed by atoms with Gasteiger partial charge in [0, 0.05) is 25.7 Å². The van der Waals surface area contributed by atoms with Crippen molar-refractivity contribution in [1.82, 2.24) is 5.43 Å². The highest BCUT2D eigenvalue weighted by Gasteiger charge is 2.43. The first-order valence-corrected chi connectivity index (χ1v) is 8.23. The maximum absolute atomic E-state index is 12.2. The van der Waals surface area contributed by atoms with Crippen LogP contribution in [-0.4, -0.2) is 25.7 Å². The van der Waals surface area contributed by atoms with E-state index in [-0.39, 0.29) is 11.8 Å². The summed E-state index contributed by atoms with van der Waals surface area (Å²) in [6.07, 6.45) is 0.905. The van der Waals surface area contributed by atoms with Crippen LogP contribution in [0.4, 0.5) is 5.69 Å². The Balaban J connectivity index is 1.58. The summed E-state index contributed by atoms with van der Waals surface area (Å²) in [4.78, 5) is 14.3. The number of nitrogens with zero attached hydrogens (tertiary/aromatic N) is 2. The van der Waals surface area contributed by atoms with Crippen molar-refractivity contribution in [3.63, 3.8) is 0 Å². The lowest BCUT2D eigenvalue weighted by molar-refractivity contribution is -0.122. The summed E-state index contributed by atoms with van der Waals surface area (Å²) in [7, 11) is 4.02. The number of anilines is 1. The molecule has 2 atom stereocenters. The maximum atomic E-state index is 12.2. The monoisotopic (exact) mass is 321 g/mol. The molecule has 0 heterocycles. The van der Waals surface area contributed by atoms with Crippen molar-refractivity contribution in [3.8, 4) is 0 Å². The van der Waals surface area contributed by atoms with Crippen molar-refractivity contribution in [2.24, 2.45) is 11.0 Å². The number of hydrogen-bond acceptors (Lipinski definition) is 3. The number of carbonyl (C=O) groups excluding carboxylic acids is 1. The molecule has 124 valence electrons. The highest BCUT2D eigenvalue weighted by molar-refractivity contribution is 5.99. The summed E-state index contributed by atoms with van der Waals surface area (Å²) in [5, 5.41) is 4.26. The van der Waals surface area contributed by atoms with E-state index in [1.165, 1.54) is 5.56 Å². The summed E-state index contributed by atoms with van der Waals surface area (Å²) < 4.78 is 0. The van der Waals surface area contributed by atoms with Gasteiger partial charge in [-0.2, -0.15) is 5.10 Å². The highest BCUT2D eigenvalue weighted by atomic mass is 16.2. The fourth-order valence-electron chi connectivity index (χ4n) is 2.84. The Bertz CT molecular complexity index is 735. The molecule has 24 heavy (non-hydrogen) atoms. The molecule has 1 aliphatic carbocycles. The Morgan fingerprint density at radius 1 is 1.08 bits per heavy atom. The molecule has 0 bridgehead atoms. The first kappa shape index (κ1) is 16.2. The molecular weight excluding hydrogens is 298 g/mol. The number of benzene rings is 2. The van der Waals surface area contributed by atoms with Crippen LogP contribution in [0, 0.1) is 5.92 Å². The molecule has 2 aromatic rings. The van der Waals surface area contributed by atoms with Crippen LogP contribution in [0.1, 0.15) is 30.4 Å². The second-order valence-electron chi connectivity index (χ2n) is 6.47. The van der Waals surface area contributed by atoms with E-state index >= 15 is 0 Å². The highest BCUT2D eigenvalue weighted by Crippen LogP contribution is 2.47. The maximum Gasteiger partial charge on any atom is 0.243 e. The van der Waals surface area contributed by atoms with E-state index in [1.54, 1.807) is 0 Å². The van der Waals surface area contributed by atoms with Gasteiger partial charge in [0.25, 0.3) is 0 Å². The molecule has 3 rings (SSSR count). The number of hydrogen-bond donors (Lipinski definition) is 1. The summed E-state index contributed by atoms with van der Waals surface area (Å²) in [5.41, 5.74) is 6.91. The first-order chi connectivity index (χ1) is 11.6. The van der Waals surface area contributed by atoms with E-state index in [0.29, 0.717) is 5.92 Å². The Morgan fingerprint density at radius 3 is 2.38 bits per heavy atom. The van der Waals surface area contributed by atoms with Crippen LogP contribution in [0.2, 0.25) is 0 Å². The smallest absolute Gasteiger partial charge is 0.243 e. The molecule has 0 saturated heterocycles. The molecule has 0 aliphatic heterocycles. The lowest BCUT2D eigenvalue weighted by Crippen LogP contribution is -2.21. The molecule has 4 heteroatoms. The van der Waals surface area contributed by atoms with Gasteiger partial charge in [-0.25, -0.2) is 5.43 Å². The second-order valence-corrected chi connectivity index (χ2v) is 6.47.